The molecular formula is C14H25N3O2. The standard InChI is InChI=1S/C14H25N3O2/c1-11(18)17-7-4-13(5-8-17)16-14(19)9-12-3-2-6-15-10-12/h12-13,15H,2-10H2,1H3,(H,16,19). The van der Waals surface area contributed by atoms with Gasteiger partial charge in [0.05, 0.1) is 0 Å². The van der Waals surface area contributed by atoms with Crippen LogP contribution in [-0.4, -0.2) is 48.9 Å². The van der Waals surface area contributed by atoms with E-state index in [4.69, 9.17) is 0 Å². The highest BCUT2D eigenvalue weighted by molar-refractivity contribution is 5.76. The molecule has 5 nitrogen and oxygen atoms in total. The van der Waals surface area contributed by atoms with Crippen molar-refractivity contribution in [3.8, 4) is 0 Å². The Kier molecular flexibility index (Phi) is 5.19. The van der Waals surface area contributed by atoms with Gasteiger partial charge in [-0.05, 0) is 44.7 Å². The molecule has 2 amide bonds. The third-order valence-electron chi connectivity index (χ3n) is 4.18. The van der Waals surface area contributed by atoms with Gasteiger partial charge in [0.1, 0.15) is 0 Å². The predicted octanol–water partition coefficient (Wildman–Crippen LogP) is 0.503. The maximum absolute atomic E-state index is 12.0. The minimum absolute atomic E-state index is 0.137. The van der Waals surface area contributed by atoms with Crippen molar-refractivity contribution in [2.45, 2.75) is 45.1 Å². The molecule has 0 aromatic rings. The van der Waals surface area contributed by atoms with E-state index in [-0.39, 0.29) is 17.9 Å². The molecule has 1 atom stereocenters. The van der Waals surface area contributed by atoms with Gasteiger partial charge in [0.25, 0.3) is 0 Å². The van der Waals surface area contributed by atoms with E-state index >= 15 is 0 Å². The lowest BCUT2D eigenvalue weighted by Crippen LogP contribution is -2.46. The molecule has 2 fully saturated rings. The van der Waals surface area contributed by atoms with Crippen molar-refractivity contribution in [3.05, 3.63) is 0 Å². The highest BCUT2D eigenvalue weighted by Gasteiger charge is 2.23. The Labute approximate surface area is 115 Å². The molecule has 0 bridgehead atoms. The lowest BCUT2D eigenvalue weighted by molar-refractivity contribution is -0.130. The van der Waals surface area contributed by atoms with Crippen LogP contribution in [0.3, 0.4) is 0 Å². The van der Waals surface area contributed by atoms with Crippen LogP contribution in [0.4, 0.5) is 0 Å². The van der Waals surface area contributed by atoms with Gasteiger partial charge in [-0.3, -0.25) is 9.59 Å². The van der Waals surface area contributed by atoms with Gasteiger partial charge < -0.3 is 15.5 Å². The SMILES string of the molecule is CC(=O)N1CCC(NC(=O)CC2CCCNC2)CC1. The Balaban J connectivity index is 1.67. The van der Waals surface area contributed by atoms with Gasteiger partial charge in [0.2, 0.25) is 11.8 Å². The number of piperidine rings is 2. The first-order chi connectivity index (χ1) is 9.15. The number of nitrogens with zero attached hydrogens (tertiary/aromatic N) is 1. The molecule has 2 saturated heterocycles. The molecule has 0 aromatic carbocycles. The molecule has 1 unspecified atom stereocenters. The molecule has 0 aromatic heterocycles. The van der Waals surface area contributed by atoms with Gasteiger partial charge in [0, 0.05) is 32.5 Å². The fraction of sp³-hybridized carbons (Fsp3) is 0.857. The second kappa shape index (κ2) is 6.89. The predicted molar refractivity (Wildman–Crippen MR) is 73.6 cm³/mol. The first kappa shape index (κ1) is 14.3. The number of carbonyl (C=O) groups excluding carboxylic acids is 2. The van der Waals surface area contributed by atoms with Crippen LogP contribution in [0.2, 0.25) is 0 Å². The van der Waals surface area contributed by atoms with E-state index < -0.39 is 0 Å². The minimum Gasteiger partial charge on any atom is -0.353 e. The highest BCUT2D eigenvalue weighted by atomic mass is 16.2. The first-order valence-electron chi connectivity index (χ1n) is 7.40. The maximum Gasteiger partial charge on any atom is 0.220 e. The lowest BCUT2D eigenvalue weighted by atomic mass is 9.95. The summed E-state index contributed by atoms with van der Waals surface area (Å²) in [5, 5.41) is 6.46. The molecule has 2 N–H and O–H groups in total. The quantitative estimate of drug-likeness (QED) is 0.783. The fourth-order valence-electron chi connectivity index (χ4n) is 2.99. The summed E-state index contributed by atoms with van der Waals surface area (Å²) in [4.78, 5) is 25.1. The smallest absolute Gasteiger partial charge is 0.220 e. The zero-order valence-corrected chi connectivity index (χ0v) is 11.8. The van der Waals surface area contributed by atoms with E-state index in [2.05, 4.69) is 10.6 Å². The largest absolute Gasteiger partial charge is 0.353 e. The fourth-order valence-corrected chi connectivity index (χ4v) is 2.99. The summed E-state index contributed by atoms with van der Waals surface area (Å²) < 4.78 is 0. The minimum atomic E-state index is 0.137. The summed E-state index contributed by atoms with van der Waals surface area (Å²) in [5.74, 6) is 0.805. The molecule has 2 rings (SSSR count). The highest BCUT2D eigenvalue weighted by Crippen LogP contribution is 2.15. The van der Waals surface area contributed by atoms with Crippen molar-refractivity contribution < 1.29 is 9.59 Å². The molecule has 0 aliphatic carbocycles. The molecular weight excluding hydrogens is 242 g/mol. The Bertz CT molecular complexity index is 319. The van der Waals surface area contributed by atoms with Crippen molar-refractivity contribution in [1.29, 1.82) is 0 Å². The van der Waals surface area contributed by atoms with Crippen LogP contribution >= 0.6 is 0 Å². The van der Waals surface area contributed by atoms with E-state index in [0.717, 1.165) is 45.4 Å². The molecule has 0 radical (unpaired) electrons. The van der Waals surface area contributed by atoms with Crippen LogP contribution in [0, 0.1) is 5.92 Å². The third-order valence-corrected chi connectivity index (χ3v) is 4.18. The molecule has 19 heavy (non-hydrogen) atoms. The summed E-state index contributed by atoms with van der Waals surface area (Å²) in [6.07, 6.45) is 4.74. The number of hydrogen-bond acceptors (Lipinski definition) is 3. The van der Waals surface area contributed by atoms with Crippen molar-refractivity contribution >= 4 is 11.8 Å². The van der Waals surface area contributed by atoms with Gasteiger partial charge >= 0.3 is 0 Å². The molecule has 2 aliphatic rings. The maximum atomic E-state index is 12.0. The summed E-state index contributed by atoms with van der Waals surface area (Å²) >= 11 is 0. The monoisotopic (exact) mass is 267 g/mol. The molecule has 5 heteroatoms. The van der Waals surface area contributed by atoms with E-state index in [9.17, 15) is 9.59 Å². The average molecular weight is 267 g/mol. The zero-order valence-electron chi connectivity index (χ0n) is 11.8. The van der Waals surface area contributed by atoms with E-state index in [1.807, 2.05) is 4.90 Å². The second-order valence-corrected chi connectivity index (χ2v) is 5.76. The van der Waals surface area contributed by atoms with Crippen LogP contribution in [0.5, 0.6) is 0 Å². The Morgan fingerprint density at radius 3 is 2.58 bits per heavy atom. The molecule has 0 saturated carbocycles. The van der Waals surface area contributed by atoms with E-state index in [1.54, 1.807) is 6.92 Å². The van der Waals surface area contributed by atoms with Gasteiger partial charge in [0.15, 0.2) is 0 Å². The van der Waals surface area contributed by atoms with Gasteiger partial charge in [-0.2, -0.15) is 0 Å². The van der Waals surface area contributed by atoms with Gasteiger partial charge in [-0.25, -0.2) is 0 Å². The molecule has 0 spiro atoms. The third kappa shape index (κ3) is 4.49. The van der Waals surface area contributed by atoms with Gasteiger partial charge in [-0.1, -0.05) is 0 Å². The summed E-state index contributed by atoms with van der Waals surface area (Å²) in [5.41, 5.74) is 0. The lowest BCUT2D eigenvalue weighted by Gasteiger charge is -2.32. The van der Waals surface area contributed by atoms with Crippen molar-refractivity contribution in [1.82, 2.24) is 15.5 Å². The normalized spacial score (nSPS) is 25.1. The summed E-state index contributed by atoms with van der Waals surface area (Å²) in [7, 11) is 0. The van der Waals surface area contributed by atoms with E-state index in [0.29, 0.717) is 12.3 Å². The zero-order chi connectivity index (χ0) is 13.7. The number of nitrogens with one attached hydrogen (secondary N) is 2. The topological polar surface area (TPSA) is 61.4 Å². The molecule has 2 aliphatic heterocycles. The molecule has 2 heterocycles. The van der Waals surface area contributed by atoms with Crippen molar-refractivity contribution in [2.75, 3.05) is 26.2 Å². The van der Waals surface area contributed by atoms with Crippen LogP contribution in [-0.2, 0) is 9.59 Å². The summed E-state index contributed by atoms with van der Waals surface area (Å²) in [6, 6.07) is 0.250. The number of carbonyl (C=O) groups is 2. The van der Waals surface area contributed by atoms with Crippen LogP contribution in [0.15, 0.2) is 0 Å². The first-order valence-corrected chi connectivity index (χ1v) is 7.40. The van der Waals surface area contributed by atoms with Crippen LogP contribution < -0.4 is 10.6 Å². The van der Waals surface area contributed by atoms with Crippen LogP contribution in [0.1, 0.15) is 39.0 Å². The number of hydrogen-bond donors (Lipinski definition) is 2. The Morgan fingerprint density at radius 1 is 1.26 bits per heavy atom. The van der Waals surface area contributed by atoms with E-state index in [1.165, 1.54) is 6.42 Å². The van der Waals surface area contributed by atoms with Crippen molar-refractivity contribution in [2.24, 2.45) is 5.92 Å². The van der Waals surface area contributed by atoms with Gasteiger partial charge in [-0.15, -0.1) is 0 Å². The number of amides is 2. The summed E-state index contributed by atoms with van der Waals surface area (Å²) in [6.45, 7) is 5.20. The van der Waals surface area contributed by atoms with Crippen molar-refractivity contribution in [3.63, 3.8) is 0 Å². The average Bonchev–Trinajstić information content (AvgIpc) is 2.40. The molecule has 108 valence electrons. The Morgan fingerprint density at radius 2 is 2.00 bits per heavy atom. The number of rotatable bonds is 3. The second-order valence-electron chi connectivity index (χ2n) is 5.76. The number of likely N-dealkylation sites (tertiary alicyclic amines) is 1. The Hall–Kier alpha value is -1.10. The van der Waals surface area contributed by atoms with Crippen LogP contribution in [0.25, 0.3) is 0 Å².